The summed E-state index contributed by atoms with van der Waals surface area (Å²) in [5, 5.41) is 16.0. The SMILES string of the molecule is CCN1CC(=O)N2[C@@H](Cc3ccc(O)cc3)C(=O)N(CCc3ccc(F)cc3)C[C@@H]2N1C(=O)NCc1ccccc1. The van der Waals surface area contributed by atoms with Crippen molar-refractivity contribution in [1.29, 1.82) is 0 Å². The summed E-state index contributed by atoms with van der Waals surface area (Å²) in [6, 6.07) is 21.1. The number of rotatable bonds is 8. The van der Waals surface area contributed by atoms with Crippen LogP contribution in [-0.4, -0.2) is 81.2 Å². The van der Waals surface area contributed by atoms with Crippen LogP contribution in [0.4, 0.5) is 9.18 Å². The molecule has 41 heavy (non-hydrogen) atoms. The van der Waals surface area contributed by atoms with E-state index in [1.165, 1.54) is 12.1 Å². The van der Waals surface area contributed by atoms with Gasteiger partial charge in [0.15, 0.2) is 0 Å². The smallest absolute Gasteiger partial charge is 0.334 e. The number of benzene rings is 3. The van der Waals surface area contributed by atoms with Gasteiger partial charge in [0.05, 0.1) is 13.1 Å². The largest absolute Gasteiger partial charge is 0.508 e. The third-order valence-electron chi connectivity index (χ3n) is 7.64. The first-order valence-electron chi connectivity index (χ1n) is 13.8. The Kier molecular flexibility index (Phi) is 8.49. The van der Waals surface area contributed by atoms with E-state index in [1.54, 1.807) is 56.2 Å². The number of hydrazine groups is 1. The van der Waals surface area contributed by atoms with Crippen LogP contribution in [-0.2, 0) is 29.0 Å². The van der Waals surface area contributed by atoms with E-state index < -0.39 is 12.2 Å². The van der Waals surface area contributed by atoms with Gasteiger partial charge in [0.25, 0.3) is 0 Å². The molecular weight excluding hydrogens is 525 g/mol. The highest BCUT2D eigenvalue weighted by molar-refractivity contribution is 5.91. The lowest BCUT2D eigenvalue weighted by Gasteiger charge is -2.55. The molecule has 2 N–H and O–H groups in total. The van der Waals surface area contributed by atoms with E-state index in [4.69, 9.17) is 0 Å². The van der Waals surface area contributed by atoms with E-state index in [1.807, 2.05) is 37.3 Å². The Morgan fingerprint density at radius 3 is 2.32 bits per heavy atom. The van der Waals surface area contributed by atoms with E-state index in [0.717, 1.165) is 16.7 Å². The lowest BCUT2D eigenvalue weighted by molar-refractivity contribution is -0.189. The molecule has 9 nitrogen and oxygen atoms in total. The minimum Gasteiger partial charge on any atom is -0.508 e. The molecule has 2 aliphatic heterocycles. The summed E-state index contributed by atoms with van der Waals surface area (Å²) in [5.41, 5.74) is 2.61. The molecule has 0 unspecified atom stereocenters. The normalized spacial score (nSPS) is 19.3. The van der Waals surface area contributed by atoms with Crippen LogP contribution in [0.25, 0.3) is 0 Å². The van der Waals surface area contributed by atoms with E-state index >= 15 is 0 Å². The fourth-order valence-electron chi connectivity index (χ4n) is 5.49. The number of aromatic hydroxyl groups is 1. The monoisotopic (exact) mass is 559 g/mol. The second-order valence-electron chi connectivity index (χ2n) is 10.3. The third-order valence-corrected chi connectivity index (χ3v) is 7.64. The van der Waals surface area contributed by atoms with Crippen molar-refractivity contribution in [2.24, 2.45) is 0 Å². The number of nitrogens with one attached hydrogen (secondary N) is 1. The van der Waals surface area contributed by atoms with Gasteiger partial charge in [0.2, 0.25) is 11.8 Å². The molecule has 0 aromatic heterocycles. The molecule has 2 fully saturated rings. The molecule has 10 heteroatoms. The van der Waals surface area contributed by atoms with Crippen molar-refractivity contribution in [2.75, 3.05) is 26.2 Å². The Balaban J connectivity index is 1.44. The summed E-state index contributed by atoms with van der Waals surface area (Å²) in [7, 11) is 0. The van der Waals surface area contributed by atoms with E-state index in [2.05, 4.69) is 5.32 Å². The predicted octanol–water partition coefficient (Wildman–Crippen LogP) is 3.14. The van der Waals surface area contributed by atoms with Gasteiger partial charge in [-0.2, -0.15) is 0 Å². The van der Waals surface area contributed by atoms with E-state index in [-0.39, 0.29) is 48.9 Å². The average Bonchev–Trinajstić information content (AvgIpc) is 2.98. The molecule has 4 amide bonds. The number of amides is 4. The van der Waals surface area contributed by atoms with Gasteiger partial charge in [-0.05, 0) is 47.4 Å². The van der Waals surface area contributed by atoms with Gasteiger partial charge in [-0.3, -0.25) is 9.59 Å². The van der Waals surface area contributed by atoms with Crippen molar-refractivity contribution in [3.8, 4) is 5.75 Å². The number of carbonyl (C=O) groups is 3. The highest BCUT2D eigenvalue weighted by Crippen LogP contribution is 2.29. The minimum absolute atomic E-state index is 0.0271. The van der Waals surface area contributed by atoms with Gasteiger partial charge < -0.3 is 20.2 Å². The summed E-state index contributed by atoms with van der Waals surface area (Å²) in [4.78, 5) is 44.4. The first kappa shape index (κ1) is 28.1. The molecule has 2 heterocycles. The Morgan fingerprint density at radius 2 is 1.63 bits per heavy atom. The molecule has 3 aromatic rings. The molecule has 0 aliphatic carbocycles. The number of piperazine rings is 1. The number of hydrogen-bond acceptors (Lipinski definition) is 5. The number of carbonyl (C=O) groups excluding carboxylic acids is 3. The third kappa shape index (κ3) is 6.33. The molecule has 2 saturated heterocycles. The van der Waals surface area contributed by atoms with Crippen LogP contribution < -0.4 is 5.32 Å². The van der Waals surface area contributed by atoms with Crippen LogP contribution >= 0.6 is 0 Å². The Labute approximate surface area is 238 Å². The zero-order chi connectivity index (χ0) is 28.9. The molecule has 5 rings (SSSR count). The molecule has 0 saturated carbocycles. The van der Waals surface area contributed by atoms with Crippen LogP contribution in [0.15, 0.2) is 78.9 Å². The number of phenolic OH excluding ortho intramolecular Hbond substituents is 1. The van der Waals surface area contributed by atoms with Gasteiger partial charge >= 0.3 is 6.03 Å². The molecule has 3 aromatic carbocycles. The van der Waals surface area contributed by atoms with E-state index in [9.17, 15) is 23.9 Å². The summed E-state index contributed by atoms with van der Waals surface area (Å²) in [6.45, 7) is 3.10. The van der Waals surface area contributed by atoms with Crippen LogP contribution in [0.5, 0.6) is 5.75 Å². The molecule has 0 bridgehead atoms. The number of urea groups is 1. The van der Waals surface area contributed by atoms with Crippen LogP contribution in [0, 0.1) is 5.82 Å². The molecule has 0 spiro atoms. The van der Waals surface area contributed by atoms with E-state index in [0.29, 0.717) is 26.1 Å². The maximum atomic E-state index is 13.9. The quantitative estimate of drug-likeness (QED) is 0.442. The number of phenols is 1. The predicted molar refractivity (Wildman–Crippen MR) is 151 cm³/mol. The Hall–Kier alpha value is -4.44. The highest BCUT2D eigenvalue weighted by atomic mass is 19.1. The maximum Gasteiger partial charge on any atom is 0.334 e. The van der Waals surface area contributed by atoms with Crippen molar-refractivity contribution < 1.29 is 23.9 Å². The first-order chi connectivity index (χ1) is 19.8. The minimum atomic E-state index is -0.831. The standard InChI is InChI=1S/C31H34FN5O4/c1-2-35-21-29(39)36-27(18-23-10-14-26(38)15-11-23)30(40)34(17-16-22-8-12-25(32)13-9-22)20-28(36)37(35)31(41)33-19-24-6-4-3-5-7-24/h3-15,27-28,38H,2,16-21H2,1H3,(H,33,41)/t27-,28-/m0/s1. The van der Waals surface area contributed by atoms with Gasteiger partial charge in [-0.1, -0.05) is 61.5 Å². The van der Waals surface area contributed by atoms with Gasteiger partial charge in [-0.15, -0.1) is 0 Å². The first-order valence-corrected chi connectivity index (χ1v) is 13.8. The lowest BCUT2D eigenvalue weighted by Crippen LogP contribution is -2.76. The highest BCUT2D eigenvalue weighted by Gasteiger charge is 2.51. The number of likely N-dealkylation sites (N-methyl/N-ethyl adjacent to an activating group) is 1. The average molecular weight is 560 g/mol. The second kappa shape index (κ2) is 12.4. The van der Waals surface area contributed by atoms with Crippen LogP contribution in [0.1, 0.15) is 23.6 Å². The molecule has 0 radical (unpaired) electrons. The summed E-state index contributed by atoms with van der Waals surface area (Å²) >= 11 is 0. The summed E-state index contributed by atoms with van der Waals surface area (Å²) in [6.07, 6.45) is 0.0241. The fourth-order valence-corrected chi connectivity index (χ4v) is 5.49. The Morgan fingerprint density at radius 1 is 0.951 bits per heavy atom. The summed E-state index contributed by atoms with van der Waals surface area (Å²) < 4.78 is 13.4. The fraction of sp³-hybridized carbons (Fsp3) is 0.323. The van der Waals surface area contributed by atoms with Crippen molar-refractivity contribution in [3.05, 3.63) is 101 Å². The molecule has 2 atom stereocenters. The zero-order valence-corrected chi connectivity index (χ0v) is 22.9. The van der Waals surface area contributed by atoms with Crippen LogP contribution in [0.2, 0.25) is 0 Å². The number of hydrogen-bond donors (Lipinski definition) is 2. The molecule has 214 valence electrons. The van der Waals surface area contributed by atoms with Crippen molar-refractivity contribution in [3.63, 3.8) is 0 Å². The topological polar surface area (TPSA) is 96.4 Å². The van der Waals surface area contributed by atoms with Crippen molar-refractivity contribution in [2.45, 2.75) is 38.5 Å². The van der Waals surface area contributed by atoms with Gasteiger partial charge in [0.1, 0.15) is 23.8 Å². The number of halogens is 1. The second-order valence-corrected chi connectivity index (χ2v) is 10.3. The summed E-state index contributed by atoms with van der Waals surface area (Å²) in [5.74, 6) is -0.653. The lowest BCUT2D eigenvalue weighted by atomic mass is 9.98. The molecular formula is C31H34FN5O4. The number of nitrogens with zero attached hydrogens (tertiary/aromatic N) is 4. The maximum absolute atomic E-state index is 13.9. The van der Waals surface area contributed by atoms with Crippen LogP contribution in [0.3, 0.4) is 0 Å². The number of fused-ring (bicyclic) bond motifs is 1. The van der Waals surface area contributed by atoms with Crippen molar-refractivity contribution >= 4 is 17.8 Å². The van der Waals surface area contributed by atoms with Gasteiger partial charge in [0, 0.05) is 26.1 Å². The van der Waals surface area contributed by atoms with Gasteiger partial charge in [-0.25, -0.2) is 19.2 Å². The Bertz CT molecular complexity index is 1370. The van der Waals surface area contributed by atoms with Crippen molar-refractivity contribution in [1.82, 2.24) is 25.1 Å². The zero-order valence-electron chi connectivity index (χ0n) is 22.9. The molecule has 2 aliphatic rings.